The Balaban J connectivity index is 1.70. The highest BCUT2D eigenvalue weighted by atomic mass is 16.2. The molecule has 2 aliphatic heterocycles. The van der Waals surface area contributed by atoms with Crippen molar-refractivity contribution in [3.05, 3.63) is 11.6 Å². The predicted molar refractivity (Wildman–Crippen MR) is 84.6 cm³/mol. The van der Waals surface area contributed by atoms with Gasteiger partial charge in [-0.25, -0.2) is 9.67 Å². The van der Waals surface area contributed by atoms with Gasteiger partial charge in [-0.3, -0.25) is 9.69 Å². The van der Waals surface area contributed by atoms with E-state index in [2.05, 4.69) is 26.9 Å². The van der Waals surface area contributed by atoms with Crippen LogP contribution in [0, 0.1) is 13.8 Å². The van der Waals surface area contributed by atoms with Crippen molar-refractivity contribution in [3.63, 3.8) is 0 Å². The summed E-state index contributed by atoms with van der Waals surface area (Å²) < 4.78 is 2.01. The zero-order chi connectivity index (χ0) is 15.7. The molecule has 0 bridgehead atoms. The number of aromatic nitrogens is 3. The minimum absolute atomic E-state index is 0.0751. The smallest absolute Gasteiger partial charge is 0.239 e. The molecular weight excluding hydrogens is 278 g/mol. The average molecular weight is 305 g/mol. The second-order valence-electron chi connectivity index (χ2n) is 6.72. The van der Waals surface area contributed by atoms with E-state index in [0.717, 1.165) is 50.5 Å². The molecule has 0 unspecified atom stereocenters. The van der Waals surface area contributed by atoms with Crippen molar-refractivity contribution in [3.8, 4) is 0 Å². The Morgan fingerprint density at radius 1 is 1.14 bits per heavy atom. The van der Waals surface area contributed by atoms with Crippen LogP contribution in [0.3, 0.4) is 0 Å². The average Bonchev–Trinajstić information content (AvgIpc) is 2.86. The van der Waals surface area contributed by atoms with Crippen LogP contribution < -0.4 is 0 Å². The summed E-state index contributed by atoms with van der Waals surface area (Å²) in [5, 5.41) is 4.51. The second-order valence-corrected chi connectivity index (χ2v) is 6.72. The number of piperidine rings is 2. The summed E-state index contributed by atoms with van der Waals surface area (Å²) in [6, 6.07) is 0.346. The summed E-state index contributed by atoms with van der Waals surface area (Å²) >= 11 is 0. The first-order chi connectivity index (χ1) is 10.6. The van der Waals surface area contributed by atoms with E-state index in [1.54, 1.807) is 0 Å². The third-order valence-electron chi connectivity index (χ3n) is 5.02. The molecule has 0 aliphatic carbocycles. The third kappa shape index (κ3) is 3.02. The first-order valence-corrected chi connectivity index (χ1v) is 8.45. The van der Waals surface area contributed by atoms with E-state index in [0.29, 0.717) is 5.91 Å². The van der Waals surface area contributed by atoms with Gasteiger partial charge in [-0.2, -0.15) is 5.10 Å². The van der Waals surface area contributed by atoms with Crippen molar-refractivity contribution in [2.45, 2.75) is 58.0 Å². The van der Waals surface area contributed by atoms with E-state index in [9.17, 15) is 4.79 Å². The lowest BCUT2D eigenvalue weighted by Gasteiger charge is -2.39. The van der Waals surface area contributed by atoms with Gasteiger partial charge in [0, 0.05) is 13.1 Å². The van der Waals surface area contributed by atoms with Gasteiger partial charge in [-0.1, -0.05) is 6.42 Å². The Kier molecular flexibility index (Phi) is 4.47. The first-order valence-electron chi connectivity index (χ1n) is 8.45. The van der Waals surface area contributed by atoms with E-state index in [1.165, 1.54) is 12.8 Å². The molecular formula is C16H27N5O. The summed E-state index contributed by atoms with van der Waals surface area (Å²) in [6.07, 6.45) is 5.50. The van der Waals surface area contributed by atoms with Crippen molar-refractivity contribution in [1.82, 2.24) is 24.6 Å². The highest BCUT2D eigenvalue weighted by molar-refractivity contribution is 5.82. The second kappa shape index (κ2) is 6.36. The molecule has 3 heterocycles. The minimum Gasteiger partial charge on any atom is -0.339 e. The van der Waals surface area contributed by atoms with Gasteiger partial charge in [0.05, 0.1) is 12.1 Å². The number of likely N-dealkylation sites (N-methyl/N-ethyl adjacent to an activating group) is 1. The SMILES string of the molecule is Cc1nc(C)n([C@@H]2CCCN(C(=O)[C@H]3CCCCN3C)C2)n1. The van der Waals surface area contributed by atoms with Crippen LogP contribution in [0.15, 0.2) is 0 Å². The molecule has 22 heavy (non-hydrogen) atoms. The fourth-order valence-electron chi connectivity index (χ4n) is 3.83. The molecule has 0 spiro atoms. The summed E-state index contributed by atoms with van der Waals surface area (Å²) in [5.74, 6) is 2.07. The fraction of sp³-hybridized carbons (Fsp3) is 0.812. The minimum atomic E-state index is 0.0751. The molecule has 2 aliphatic rings. The lowest BCUT2D eigenvalue weighted by molar-refractivity contribution is -0.139. The predicted octanol–water partition coefficient (Wildman–Crippen LogP) is 1.54. The maximum Gasteiger partial charge on any atom is 0.239 e. The largest absolute Gasteiger partial charge is 0.339 e. The van der Waals surface area contributed by atoms with Crippen molar-refractivity contribution >= 4 is 5.91 Å². The van der Waals surface area contributed by atoms with E-state index in [1.807, 2.05) is 18.5 Å². The normalized spacial score (nSPS) is 27.1. The van der Waals surface area contributed by atoms with Crippen molar-refractivity contribution < 1.29 is 4.79 Å². The molecule has 122 valence electrons. The molecule has 6 heteroatoms. The zero-order valence-corrected chi connectivity index (χ0v) is 14.0. The van der Waals surface area contributed by atoms with Crippen LogP contribution in [-0.4, -0.2) is 63.2 Å². The molecule has 2 fully saturated rings. The fourth-order valence-corrected chi connectivity index (χ4v) is 3.83. The molecule has 2 atom stereocenters. The molecule has 1 aromatic heterocycles. The lowest BCUT2D eigenvalue weighted by atomic mass is 9.99. The van der Waals surface area contributed by atoms with Gasteiger partial charge in [0.1, 0.15) is 11.6 Å². The van der Waals surface area contributed by atoms with Crippen LogP contribution in [0.5, 0.6) is 0 Å². The number of rotatable bonds is 2. The molecule has 1 aromatic rings. The Morgan fingerprint density at radius 2 is 1.95 bits per heavy atom. The number of nitrogens with zero attached hydrogens (tertiary/aromatic N) is 5. The molecule has 0 radical (unpaired) electrons. The van der Waals surface area contributed by atoms with E-state index < -0.39 is 0 Å². The number of likely N-dealkylation sites (tertiary alicyclic amines) is 2. The number of carbonyl (C=O) groups is 1. The van der Waals surface area contributed by atoms with Gasteiger partial charge in [0.2, 0.25) is 5.91 Å². The molecule has 6 nitrogen and oxygen atoms in total. The lowest BCUT2D eigenvalue weighted by Crippen LogP contribution is -2.52. The summed E-state index contributed by atoms with van der Waals surface area (Å²) in [6.45, 7) is 6.61. The van der Waals surface area contributed by atoms with Crippen LogP contribution in [-0.2, 0) is 4.79 Å². The maximum atomic E-state index is 12.9. The molecule has 3 rings (SSSR count). The standard InChI is InChI=1S/C16H27N5O/c1-12-17-13(2)21(18-12)14-7-6-10-20(11-14)16(22)15-8-4-5-9-19(15)3/h14-15H,4-11H2,1-3H3/t14-,15-/m1/s1. The molecule has 0 N–H and O–H groups in total. The number of hydrogen-bond donors (Lipinski definition) is 0. The van der Waals surface area contributed by atoms with Crippen molar-refractivity contribution in [2.24, 2.45) is 0 Å². The van der Waals surface area contributed by atoms with Crippen molar-refractivity contribution in [1.29, 1.82) is 0 Å². The Morgan fingerprint density at radius 3 is 2.64 bits per heavy atom. The van der Waals surface area contributed by atoms with Gasteiger partial charge < -0.3 is 4.90 Å². The monoisotopic (exact) mass is 305 g/mol. The van der Waals surface area contributed by atoms with Gasteiger partial charge in [0.25, 0.3) is 0 Å². The van der Waals surface area contributed by atoms with Crippen LogP contribution in [0.25, 0.3) is 0 Å². The Hall–Kier alpha value is -1.43. The number of amides is 1. The summed E-state index contributed by atoms with van der Waals surface area (Å²) in [4.78, 5) is 21.5. The number of hydrogen-bond acceptors (Lipinski definition) is 4. The quantitative estimate of drug-likeness (QED) is 0.832. The van der Waals surface area contributed by atoms with Crippen LogP contribution in [0.4, 0.5) is 0 Å². The number of carbonyl (C=O) groups excluding carboxylic acids is 1. The summed E-state index contributed by atoms with van der Waals surface area (Å²) in [7, 11) is 2.08. The Bertz CT molecular complexity index is 541. The third-order valence-corrected chi connectivity index (χ3v) is 5.02. The van der Waals surface area contributed by atoms with E-state index in [4.69, 9.17) is 0 Å². The van der Waals surface area contributed by atoms with Gasteiger partial charge >= 0.3 is 0 Å². The topological polar surface area (TPSA) is 54.3 Å². The van der Waals surface area contributed by atoms with Crippen LogP contribution >= 0.6 is 0 Å². The first kappa shape index (κ1) is 15.5. The zero-order valence-electron chi connectivity index (χ0n) is 14.0. The van der Waals surface area contributed by atoms with Crippen LogP contribution in [0.1, 0.15) is 49.8 Å². The molecule has 2 saturated heterocycles. The maximum absolute atomic E-state index is 12.9. The molecule has 0 saturated carbocycles. The van der Waals surface area contributed by atoms with Gasteiger partial charge in [0.15, 0.2) is 0 Å². The Labute approximate surface area is 132 Å². The highest BCUT2D eigenvalue weighted by Gasteiger charge is 2.33. The van der Waals surface area contributed by atoms with Crippen LogP contribution in [0.2, 0.25) is 0 Å². The highest BCUT2D eigenvalue weighted by Crippen LogP contribution is 2.25. The molecule has 1 amide bonds. The van der Waals surface area contributed by atoms with Crippen molar-refractivity contribution in [2.75, 3.05) is 26.7 Å². The van der Waals surface area contributed by atoms with Gasteiger partial charge in [-0.15, -0.1) is 0 Å². The molecule has 0 aromatic carbocycles. The number of aryl methyl sites for hydroxylation is 2. The van der Waals surface area contributed by atoms with Gasteiger partial charge in [-0.05, 0) is 53.1 Å². The summed E-state index contributed by atoms with van der Waals surface area (Å²) in [5.41, 5.74) is 0. The van der Waals surface area contributed by atoms with E-state index >= 15 is 0 Å². The van der Waals surface area contributed by atoms with E-state index in [-0.39, 0.29) is 12.1 Å².